The number of fused-ring (bicyclic) bond motifs is 1. The highest BCUT2D eigenvalue weighted by Gasteiger charge is 2.33. The summed E-state index contributed by atoms with van der Waals surface area (Å²) in [6.45, 7) is 2.58. The molecule has 1 atom stereocenters. The highest BCUT2D eigenvalue weighted by atomic mass is 16.5. The van der Waals surface area contributed by atoms with Gasteiger partial charge < -0.3 is 20.7 Å². The van der Waals surface area contributed by atoms with Gasteiger partial charge in [0.2, 0.25) is 5.91 Å². The molecule has 9 heteroatoms. The number of likely N-dealkylation sites (N-methyl/N-ethyl adjacent to an activating group) is 1. The number of aryl methyl sites for hydroxylation is 1. The van der Waals surface area contributed by atoms with Crippen molar-refractivity contribution in [3.05, 3.63) is 47.4 Å². The van der Waals surface area contributed by atoms with Gasteiger partial charge >= 0.3 is 0 Å². The first-order valence-corrected chi connectivity index (χ1v) is 10.1. The van der Waals surface area contributed by atoms with E-state index in [2.05, 4.69) is 21.4 Å². The molecule has 1 fully saturated rings. The van der Waals surface area contributed by atoms with Gasteiger partial charge in [-0.3, -0.25) is 14.5 Å². The number of carbonyl (C=O) groups excluding carboxylic acids is 2. The zero-order valence-corrected chi connectivity index (χ0v) is 17.0. The van der Waals surface area contributed by atoms with E-state index in [9.17, 15) is 9.59 Å². The number of hydrogen-bond donors (Lipinski definition) is 2. The van der Waals surface area contributed by atoms with Gasteiger partial charge in [-0.1, -0.05) is 12.1 Å². The molecule has 2 aliphatic heterocycles. The molecule has 2 aliphatic rings. The van der Waals surface area contributed by atoms with Crippen molar-refractivity contribution in [2.75, 3.05) is 39.0 Å². The van der Waals surface area contributed by atoms with Gasteiger partial charge in [0.1, 0.15) is 23.9 Å². The second-order valence-corrected chi connectivity index (χ2v) is 7.68. The number of ether oxygens (including phenoxy) is 1. The monoisotopic (exact) mass is 410 g/mol. The lowest BCUT2D eigenvalue weighted by Gasteiger charge is -2.38. The number of benzene rings is 1. The molecular formula is C21H26N6O3. The maximum Gasteiger partial charge on any atom is 0.259 e. The summed E-state index contributed by atoms with van der Waals surface area (Å²) >= 11 is 0. The van der Waals surface area contributed by atoms with E-state index in [1.807, 2.05) is 24.1 Å². The lowest BCUT2D eigenvalue weighted by Crippen LogP contribution is -2.58. The minimum atomic E-state index is -0.436. The topological polar surface area (TPSA) is 114 Å². The molecule has 0 aliphatic carbocycles. The molecule has 0 radical (unpaired) electrons. The van der Waals surface area contributed by atoms with Gasteiger partial charge in [-0.25, -0.2) is 9.97 Å². The Morgan fingerprint density at radius 2 is 2.20 bits per heavy atom. The molecule has 0 saturated carbocycles. The van der Waals surface area contributed by atoms with E-state index < -0.39 is 6.04 Å². The molecule has 0 bridgehead atoms. The summed E-state index contributed by atoms with van der Waals surface area (Å²) in [5.74, 6) is 0.711. The Hall–Kier alpha value is -3.20. The number of anilines is 1. The van der Waals surface area contributed by atoms with Gasteiger partial charge in [0.25, 0.3) is 5.91 Å². The Morgan fingerprint density at radius 1 is 1.33 bits per heavy atom. The van der Waals surface area contributed by atoms with Crippen LogP contribution in [0.5, 0.6) is 5.75 Å². The van der Waals surface area contributed by atoms with Crippen molar-refractivity contribution in [3.63, 3.8) is 0 Å². The smallest absolute Gasteiger partial charge is 0.259 e. The second-order valence-electron chi connectivity index (χ2n) is 7.68. The second kappa shape index (κ2) is 8.66. The van der Waals surface area contributed by atoms with Crippen molar-refractivity contribution < 1.29 is 14.3 Å². The maximum atomic E-state index is 12.9. The number of nitrogens with one attached hydrogen (secondary N) is 1. The molecule has 0 spiro atoms. The largest absolute Gasteiger partial charge is 0.493 e. The van der Waals surface area contributed by atoms with Crippen LogP contribution in [-0.4, -0.2) is 70.9 Å². The molecule has 3 heterocycles. The van der Waals surface area contributed by atoms with Gasteiger partial charge in [-0.15, -0.1) is 0 Å². The number of nitrogens with zero attached hydrogens (tertiary/aromatic N) is 4. The lowest BCUT2D eigenvalue weighted by atomic mass is 10.0. The molecule has 9 nitrogen and oxygen atoms in total. The lowest BCUT2D eigenvalue weighted by molar-refractivity contribution is -0.127. The Labute approximate surface area is 175 Å². The highest BCUT2D eigenvalue weighted by molar-refractivity contribution is 5.98. The fourth-order valence-electron chi connectivity index (χ4n) is 3.85. The Kier molecular flexibility index (Phi) is 5.80. The zero-order valence-electron chi connectivity index (χ0n) is 17.0. The van der Waals surface area contributed by atoms with E-state index in [0.29, 0.717) is 19.6 Å². The molecule has 1 saturated heterocycles. The van der Waals surface area contributed by atoms with E-state index in [-0.39, 0.29) is 29.7 Å². The van der Waals surface area contributed by atoms with Crippen molar-refractivity contribution in [1.82, 2.24) is 25.1 Å². The quantitative estimate of drug-likeness (QED) is 0.753. The van der Waals surface area contributed by atoms with Crippen molar-refractivity contribution >= 4 is 17.6 Å². The maximum absolute atomic E-state index is 12.9. The predicted octanol–water partition coefficient (Wildman–Crippen LogP) is 0.456. The first kappa shape index (κ1) is 20.1. The number of nitrogen functional groups attached to an aromatic ring is 1. The number of nitrogens with two attached hydrogens (primary N) is 1. The SMILES string of the molecule is CN1CCN(C(=O)c2cncnc2N)CC1C(=O)NCc1ccc2c(c1)CCCO2. The summed E-state index contributed by atoms with van der Waals surface area (Å²) in [5.41, 5.74) is 8.29. The van der Waals surface area contributed by atoms with Crippen LogP contribution >= 0.6 is 0 Å². The highest BCUT2D eigenvalue weighted by Crippen LogP contribution is 2.25. The van der Waals surface area contributed by atoms with Gasteiger partial charge in [-0.05, 0) is 37.1 Å². The van der Waals surface area contributed by atoms with E-state index in [1.54, 1.807) is 4.90 Å². The Bertz CT molecular complexity index is 950. The third-order valence-corrected chi connectivity index (χ3v) is 5.65. The standard InChI is InChI=1S/C21H26N6O3/c1-26-6-7-27(21(29)16-11-23-13-25-19(16)22)12-17(26)20(28)24-10-14-4-5-18-15(9-14)3-2-8-30-18/h4-5,9,11,13,17H,2-3,6-8,10,12H2,1H3,(H,24,28)(H2,22,23,25). The van der Waals surface area contributed by atoms with Crippen molar-refractivity contribution in [2.24, 2.45) is 0 Å². The van der Waals surface area contributed by atoms with Gasteiger partial charge in [-0.2, -0.15) is 0 Å². The fraction of sp³-hybridized carbons (Fsp3) is 0.429. The summed E-state index contributed by atoms with van der Waals surface area (Å²) in [6, 6.07) is 5.60. The molecule has 2 aromatic rings. The average Bonchev–Trinajstić information content (AvgIpc) is 2.77. The minimum Gasteiger partial charge on any atom is -0.493 e. The molecular weight excluding hydrogens is 384 g/mol. The number of carbonyl (C=O) groups is 2. The number of aromatic nitrogens is 2. The molecule has 3 N–H and O–H groups in total. The summed E-state index contributed by atoms with van der Waals surface area (Å²) in [7, 11) is 1.89. The van der Waals surface area contributed by atoms with Crippen LogP contribution in [0.2, 0.25) is 0 Å². The third-order valence-electron chi connectivity index (χ3n) is 5.65. The third kappa shape index (κ3) is 4.20. The van der Waals surface area contributed by atoms with E-state index in [0.717, 1.165) is 30.8 Å². The molecule has 1 aromatic carbocycles. The van der Waals surface area contributed by atoms with Crippen LogP contribution in [0.4, 0.5) is 5.82 Å². The predicted molar refractivity (Wildman–Crippen MR) is 111 cm³/mol. The van der Waals surface area contributed by atoms with Crippen molar-refractivity contribution in [2.45, 2.75) is 25.4 Å². The molecule has 1 aromatic heterocycles. The minimum absolute atomic E-state index is 0.110. The molecule has 158 valence electrons. The average molecular weight is 410 g/mol. The number of piperazine rings is 1. The molecule has 30 heavy (non-hydrogen) atoms. The van der Waals surface area contributed by atoms with Crippen LogP contribution in [0.25, 0.3) is 0 Å². The summed E-state index contributed by atoms with van der Waals surface area (Å²) in [4.78, 5) is 37.1. The summed E-state index contributed by atoms with van der Waals surface area (Å²) in [6.07, 6.45) is 4.72. The first-order valence-electron chi connectivity index (χ1n) is 10.1. The van der Waals surface area contributed by atoms with Crippen LogP contribution in [0, 0.1) is 0 Å². The van der Waals surface area contributed by atoms with Crippen LogP contribution < -0.4 is 15.8 Å². The van der Waals surface area contributed by atoms with Crippen LogP contribution in [0.1, 0.15) is 27.9 Å². The van der Waals surface area contributed by atoms with Crippen LogP contribution in [-0.2, 0) is 17.8 Å². The van der Waals surface area contributed by atoms with Crippen molar-refractivity contribution in [1.29, 1.82) is 0 Å². The zero-order chi connectivity index (χ0) is 21.1. The Balaban J connectivity index is 1.39. The Morgan fingerprint density at radius 3 is 3.03 bits per heavy atom. The van der Waals surface area contributed by atoms with E-state index in [4.69, 9.17) is 10.5 Å². The number of amides is 2. The van der Waals surface area contributed by atoms with Crippen LogP contribution in [0.3, 0.4) is 0 Å². The number of hydrogen-bond acceptors (Lipinski definition) is 7. The van der Waals surface area contributed by atoms with Gasteiger partial charge in [0.15, 0.2) is 0 Å². The fourth-order valence-corrected chi connectivity index (χ4v) is 3.85. The molecule has 4 rings (SSSR count). The van der Waals surface area contributed by atoms with Crippen LogP contribution in [0.15, 0.2) is 30.7 Å². The summed E-state index contributed by atoms with van der Waals surface area (Å²) in [5, 5.41) is 3.01. The first-order chi connectivity index (χ1) is 14.5. The normalized spacial score (nSPS) is 19.0. The number of rotatable bonds is 4. The molecule has 2 amide bonds. The summed E-state index contributed by atoms with van der Waals surface area (Å²) < 4.78 is 5.64. The molecule has 1 unspecified atom stereocenters. The van der Waals surface area contributed by atoms with E-state index >= 15 is 0 Å². The van der Waals surface area contributed by atoms with Gasteiger partial charge in [0, 0.05) is 32.4 Å². The van der Waals surface area contributed by atoms with Crippen molar-refractivity contribution in [3.8, 4) is 5.75 Å². The van der Waals surface area contributed by atoms with E-state index in [1.165, 1.54) is 18.1 Å². The van der Waals surface area contributed by atoms with Gasteiger partial charge in [0.05, 0.1) is 12.2 Å².